The number of hydrogen-bond donors (Lipinski definition) is 14. The molecule has 1 aromatic carbocycles. The highest BCUT2D eigenvalue weighted by Gasteiger charge is 2.36. The monoisotopic (exact) mass is 1030 g/mol. The summed E-state index contributed by atoms with van der Waals surface area (Å²) in [5, 5.41) is 33.2. The molecule has 10 atom stereocenters. The average molecular weight is 1030 g/mol. The van der Waals surface area contributed by atoms with Crippen LogP contribution >= 0.6 is 0 Å². The molecule has 18 N–H and O–H groups in total. The Morgan fingerprint density at radius 3 is 1.25 bits per heavy atom. The summed E-state index contributed by atoms with van der Waals surface area (Å²) in [5.41, 5.74) is 23.4. The van der Waals surface area contributed by atoms with Gasteiger partial charge in [0.15, 0.2) is 0 Å². The van der Waals surface area contributed by atoms with E-state index in [1.807, 2.05) is 20.8 Å². The number of aliphatic hydroxyl groups excluding tert-OH is 1. The summed E-state index contributed by atoms with van der Waals surface area (Å²) in [5.74, 6) is -8.74. The van der Waals surface area contributed by atoms with Crippen molar-refractivity contribution in [3.8, 4) is 0 Å². The van der Waals surface area contributed by atoms with E-state index in [1.165, 1.54) is 6.92 Å². The van der Waals surface area contributed by atoms with Crippen LogP contribution in [0.5, 0.6) is 0 Å². The van der Waals surface area contributed by atoms with Crippen LogP contribution < -0.4 is 70.8 Å². The van der Waals surface area contributed by atoms with E-state index < -0.39 is 132 Å². The number of aliphatic hydroxyl groups is 1. The number of nitrogens with one attached hydrogen (secondary N) is 9. The summed E-state index contributed by atoms with van der Waals surface area (Å²) < 4.78 is 0. The fourth-order valence-corrected chi connectivity index (χ4v) is 7.58. The maximum atomic E-state index is 14.4. The lowest BCUT2D eigenvalue weighted by Crippen LogP contribution is -2.62. The van der Waals surface area contributed by atoms with E-state index in [9.17, 15) is 53.1 Å². The van der Waals surface area contributed by atoms with E-state index in [0.29, 0.717) is 12.0 Å². The molecule has 0 aliphatic carbocycles. The third-order valence-electron chi connectivity index (χ3n) is 11.8. The highest BCUT2D eigenvalue weighted by Crippen LogP contribution is 2.14. The topological polar surface area (TPSA) is 403 Å². The molecule has 24 nitrogen and oxygen atoms in total. The van der Waals surface area contributed by atoms with Gasteiger partial charge in [-0.2, -0.15) is 0 Å². The molecule has 1 rings (SSSR count). The van der Waals surface area contributed by atoms with Gasteiger partial charge in [0.05, 0.1) is 6.61 Å². The van der Waals surface area contributed by atoms with Gasteiger partial charge in [0.2, 0.25) is 59.1 Å². The Morgan fingerprint density at radius 2 is 0.836 bits per heavy atom. The van der Waals surface area contributed by atoms with Gasteiger partial charge in [0, 0.05) is 13.3 Å². The van der Waals surface area contributed by atoms with Gasteiger partial charge in [-0.05, 0) is 81.0 Å². The largest absolute Gasteiger partial charge is 0.394 e. The van der Waals surface area contributed by atoms with E-state index in [4.69, 9.17) is 22.9 Å². The number of hydrogen-bond acceptors (Lipinski definition) is 14. The van der Waals surface area contributed by atoms with E-state index in [1.54, 1.807) is 65.0 Å². The van der Waals surface area contributed by atoms with Gasteiger partial charge < -0.3 is 75.9 Å². The summed E-state index contributed by atoms with van der Waals surface area (Å²) in [4.78, 5) is 134. The maximum Gasteiger partial charge on any atom is 0.243 e. The Morgan fingerprint density at radius 1 is 0.479 bits per heavy atom. The molecule has 73 heavy (non-hydrogen) atoms. The van der Waals surface area contributed by atoms with Crippen molar-refractivity contribution in [2.24, 2.45) is 46.6 Å². The van der Waals surface area contributed by atoms with Crippen molar-refractivity contribution < 1.29 is 53.1 Å². The molecule has 0 saturated carbocycles. The number of benzene rings is 1. The molecule has 24 heteroatoms. The number of carbonyl (C=O) groups is 10. The summed E-state index contributed by atoms with van der Waals surface area (Å²) >= 11 is 0. The normalized spacial score (nSPS) is 15.4. The molecule has 0 bridgehead atoms. The first-order valence-corrected chi connectivity index (χ1v) is 25.1. The van der Waals surface area contributed by atoms with Crippen LogP contribution in [0.15, 0.2) is 30.3 Å². The summed E-state index contributed by atoms with van der Waals surface area (Å²) in [7, 11) is 0. The third-order valence-corrected chi connectivity index (χ3v) is 11.8. The molecule has 0 aliphatic heterocycles. The Labute approximate surface area is 429 Å². The Kier molecular flexibility index (Phi) is 29.7. The van der Waals surface area contributed by atoms with Gasteiger partial charge in [0.1, 0.15) is 54.4 Å². The number of rotatable bonds is 34. The fourth-order valence-electron chi connectivity index (χ4n) is 7.58. The Balaban J connectivity index is 3.48. The van der Waals surface area contributed by atoms with Crippen molar-refractivity contribution in [2.75, 3.05) is 26.2 Å². The quantitative estimate of drug-likeness (QED) is 0.0326. The van der Waals surface area contributed by atoms with E-state index in [-0.39, 0.29) is 70.0 Å². The lowest BCUT2D eigenvalue weighted by atomic mass is 9.97. The first-order valence-electron chi connectivity index (χ1n) is 25.1. The predicted molar refractivity (Wildman–Crippen MR) is 274 cm³/mol. The number of amides is 10. The van der Waals surface area contributed by atoms with E-state index >= 15 is 0 Å². The molecule has 0 spiro atoms. The number of carbonyl (C=O) groups excluding carboxylic acids is 10. The molecule has 412 valence electrons. The van der Waals surface area contributed by atoms with Crippen LogP contribution in [0, 0.1) is 23.7 Å². The standard InChI is InChI=1S/C49H85N13O11/c1-10-29(8)40(62-43(67)32(16-19-50)54-30(9)64)49(73)56-33(17-20-51)42(66)58-37(24-31-14-12-11-13-15-31)47(71)57-35(22-26(2)3)45(69)55-34(18-21-52)44(68)61-39(28(6)7)48(72)59-36(23-27(4)5)46(70)60-38(25-63)41(53)65/h11-15,26-29,32-40,63H,10,16-25,50-52H2,1-9H3,(H2,53,65)(H,54,64)(H,55,69)(H,56,73)(H,57,71)(H,58,66)(H,59,72)(H,60,70)(H,61,68)(H,62,67)/t29-,32-,33-,34-,35-,36-,37+,38-,39?,40?/m0/s1. The van der Waals surface area contributed by atoms with Gasteiger partial charge in [0.25, 0.3) is 0 Å². The van der Waals surface area contributed by atoms with E-state index in [0.717, 1.165) is 0 Å². The summed E-state index contributed by atoms with van der Waals surface area (Å²) in [6.45, 7) is 14.5. The van der Waals surface area contributed by atoms with Crippen molar-refractivity contribution in [3.63, 3.8) is 0 Å². The molecule has 1 aromatic rings. The van der Waals surface area contributed by atoms with Crippen molar-refractivity contribution >= 4 is 59.1 Å². The summed E-state index contributed by atoms with van der Waals surface area (Å²) in [6.07, 6.45) is 0.533. The highest BCUT2D eigenvalue weighted by atomic mass is 16.3. The van der Waals surface area contributed by atoms with Crippen molar-refractivity contribution in [1.82, 2.24) is 47.9 Å². The lowest BCUT2D eigenvalue weighted by Gasteiger charge is -2.30. The number of nitrogens with two attached hydrogens (primary N) is 4. The van der Waals surface area contributed by atoms with Crippen LogP contribution in [0.3, 0.4) is 0 Å². The van der Waals surface area contributed by atoms with Crippen LogP contribution in [0.1, 0.15) is 106 Å². The predicted octanol–water partition coefficient (Wildman–Crippen LogP) is -3.07. The molecule has 0 radical (unpaired) electrons. The van der Waals surface area contributed by atoms with Crippen LogP contribution in [0.4, 0.5) is 0 Å². The summed E-state index contributed by atoms with van der Waals surface area (Å²) in [6, 6.07) is -2.45. The van der Waals surface area contributed by atoms with Crippen LogP contribution in [0.2, 0.25) is 0 Å². The molecule has 0 fully saturated rings. The van der Waals surface area contributed by atoms with Gasteiger partial charge in [-0.3, -0.25) is 47.9 Å². The van der Waals surface area contributed by atoms with Gasteiger partial charge in [-0.25, -0.2) is 0 Å². The average Bonchev–Trinajstić information content (AvgIpc) is 3.31. The second-order valence-electron chi connectivity index (χ2n) is 19.5. The van der Waals surface area contributed by atoms with E-state index in [2.05, 4.69) is 47.9 Å². The van der Waals surface area contributed by atoms with Crippen molar-refractivity contribution in [3.05, 3.63) is 35.9 Å². The smallest absolute Gasteiger partial charge is 0.243 e. The van der Waals surface area contributed by atoms with Crippen LogP contribution in [-0.2, 0) is 54.4 Å². The Hall–Kier alpha value is -6.24. The van der Waals surface area contributed by atoms with Crippen molar-refractivity contribution in [2.45, 2.75) is 162 Å². The van der Waals surface area contributed by atoms with Crippen LogP contribution in [0.25, 0.3) is 0 Å². The second kappa shape index (κ2) is 33.5. The number of primary amides is 1. The maximum absolute atomic E-state index is 14.4. The Bertz CT molecular complexity index is 1970. The van der Waals surface area contributed by atoms with Gasteiger partial charge >= 0.3 is 0 Å². The van der Waals surface area contributed by atoms with Gasteiger partial charge in [-0.15, -0.1) is 0 Å². The van der Waals surface area contributed by atoms with Gasteiger partial charge in [-0.1, -0.05) is 92.1 Å². The van der Waals surface area contributed by atoms with Crippen molar-refractivity contribution in [1.29, 1.82) is 0 Å². The molecular formula is C49H85N13O11. The molecule has 2 unspecified atom stereocenters. The highest BCUT2D eigenvalue weighted by molar-refractivity contribution is 5.98. The minimum absolute atomic E-state index is 0.0569. The van der Waals surface area contributed by atoms with Crippen LogP contribution in [-0.4, -0.2) is 145 Å². The first kappa shape index (κ1) is 64.8. The zero-order valence-corrected chi connectivity index (χ0v) is 44.0. The minimum Gasteiger partial charge on any atom is -0.394 e. The first-order chi connectivity index (χ1) is 34.3. The zero-order chi connectivity index (χ0) is 55.5. The molecule has 0 heterocycles. The second-order valence-corrected chi connectivity index (χ2v) is 19.5. The fraction of sp³-hybridized carbons (Fsp3) is 0.673. The molecule has 0 saturated heterocycles. The molecule has 10 amide bonds. The molecule has 0 aliphatic rings. The molecule has 0 aromatic heterocycles. The zero-order valence-electron chi connectivity index (χ0n) is 44.0. The lowest BCUT2D eigenvalue weighted by molar-refractivity contribution is -0.136. The minimum atomic E-state index is -1.40. The molecular weight excluding hydrogens is 947 g/mol. The third kappa shape index (κ3) is 23.5. The SMILES string of the molecule is CC[C@H](C)C(NC(=O)[C@H](CCN)NC(C)=O)C(=O)N[C@@H](CCN)C(=O)N[C@H](Cc1ccccc1)C(=O)N[C@@H](CC(C)C)C(=O)N[C@@H](CCN)C(=O)NC(C(=O)N[C@@H](CC(C)C)C(=O)N[C@@H](CO)C(N)=O)C(C)C.